The van der Waals surface area contributed by atoms with Crippen LogP contribution in [0.15, 0.2) is 42.5 Å². The number of halogens is 1. The molecule has 2 nitrogen and oxygen atoms in total. The van der Waals surface area contributed by atoms with Gasteiger partial charge in [-0.15, -0.1) is 0 Å². The van der Waals surface area contributed by atoms with E-state index in [2.05, 4.69) is 29.6 Å². The highest BCUT2D eigenvalue weighted by molar-refractivity contribution is 5.40. The summed E-state index contributed by atoms with van der Waals surface area (Å²) in [6, 6.07) is 14.9. The van der Waals surface area contributed by atoms with Crippen molar-refractivity contribution >= 4 is 0 Å². The van der Waals surface area contributed by atoms with E-state index >= 15 is 0 Å². The van der Waals surface area contributed by atoms with Crippen LogP contribution in [0.25, 0.3) is 0 Å². The highest BCUT2D eigenvalue weighted by Gasteiger charge is 2.24. The normalized spacial score (nSPS) is 16.1. The van der Waals surface area contributed by atoms with E-state index in [1.165, 1.54) is 23.3 Å². The summed E-state index contributed by atoms with van der Waals surface area (Å²) < 4.78 is 13.3. The summed E-state index contributed by atoms with van der Waals surface area (Å²) in [7, 11) is 0. The Balaban J connectivity index is 1.57. The number of nitrogens with one attached hydrogen (secondary N) is 1. The Morgan fingerprint density at radius 2 is 2.10 bits per heavy atom. The predicted octanol–water partition coefficient (Wildman–Crippen LogP) is 3.13. The summed E-state index contributed by atoms with van der Waals surface area (Å²) >= 11 is 0. The molecule has 0 fully saturated rings. The quantitative estimate of drug-likeness (QED) is 0.923. The summed E-state index contributed by atoms with van der Waals surface area (Å²) in [5.41, 5.74) is 4.03. The molecule has 0 heterocycles. The van der Waals surface area contributed by atoms with Crippen LogP contribution in [0, 0.1) is 17.1 Å². The van der Waals surface area contributed by atoms with E-state index in [0.717, 1.165) is 18.5 Å². The summed E-state index contributed by atoms with van der Waals surface area (Å²) in [4.78, 5) is 0. The summed E-state index contributed by atoms with van der Waals surface area (Å²) in [6.45, 7) is 1.47. The van der Waals surface area contributed by atoms with Crippen LogP contribution in [0.1, 0.15) is 28.2 Å². The molecule has 1 aliphatic rings. The molecular weight excluding hydrogens is 251 g/mol. The molecule has 0 saturated carbocycles. The molecule has 0 amide bonds. The lowest BCUT2D eigenvalue weighted by Gasteiger charge is -2.30. The molecule has 0 radical (unpaired) electrons. The van der Waals surface area contributed by atoms with E-state index in [-0.39, 0.29) is 5.82 Å². The Hall–Kier alpha value is -2.18. The average molecular weight is 266 g/mol. The molecule has 3 heteroatoms. The minimum absolute atomic E-state index is 0.352. The topological polar surface area (TPSA) is 35.8 Å². The summed E-state index contributed by atoms with van der Waals surface area (Å²) in [6.07, 6.45) is 1.11. The Morgan fingerprint density at radius 3 is 2.90 bits per heavy atom. The van der Waals surface area contributed by atoms with Gasteiger partial charge in [0.15, 0.2) is 0 Å². The molecule has 100 valence electrons. The lowest BCUT2D eigenvalue weighted by atomic mass is 9.77. The van der Waals surface area contributed by atoms with Gasteiger partial charge in [-0.05, 0) is 41.3 Å². The van der Waals surface area contributed by atoms with Gasteiger partial charge in [-0.2, -0.15) is 5.26 Å². The Kier molecular flexibility index (Phi) is 3.49. The number of benzene rings is 2. The number of hydrogen-bond donors (Lipinski definition) is 1. The first-order chi connectivity index (χ1) is 9.76. The van der Waals surface area contributed by atoms with E-state index in [1.807, 2.05) is 6.07 Å². The summed E-state index contributed by atoms with van der Waals surface area (Å²) in [5.74, 6) is 0.199. The van der Waals surface area contributed by atoms with Gasteiger partial charge < -0.3 is 5.32 Å². The minimum atomic E-state index is -0.352. The number of hydrogen-bond acceptors (Lipinski definition) is 2. The fourth-order valence-corrected chi connectivity index (χ4v) is 2.75. The van der Waals surface area contributed by atoms with Gasteiger partial charge in [0.1, 0.15) is 5.82 Å². The molecule has 1 atom stereocenters. The Labute approximate surface area is 117 Å². The van der Waals surface area contributed by atoms with Crippen molar-refractivity contribution in [3.8, 4) is 6.07 Å². The van der Waals surface area contributed by atoms with Crippen LogP contribution in [0.5, 0.6) is 0 Å². The first-order valence-electron chi connectivity index (χ1n) is 6.74. The van der Waals surface area contributed by atoms with E-state index in [0.29, 0.717) is 18.0 Å². The maximum absolute atomic E-state index is 13.3. The zero-order valence-electron chi connectivity index (χ0n) is 11.1. The zero-order chi connectivity index (χ0) is 13.9. The van der Waals surface area contributed by atoms with E-state index < -0.39 is 0 Å². The second-order valence-corrected chi connectivity index (χ2v) is 5.19. The van der Waals surface area contributed by atoms with Crippen molar-refractivity contribution in [2.45, 2.75) is 18.9 Å². The molecule has 0 aromatic heterocycles. The highest BCUT2D eigenvalue weighted by Crippen LogP contribution is 2.33. The third-order valence-electron chi connectivity index (χ3n) is 3.77. The zero-order valence-corrected chi connectivity index (χ0v) is 11.1. The molecule has 2 aromatic carbocycles. The molecular formula is C17H15FN2. The number of fused-ring (bicyclic) bond motifs is 1. The van der Waals surface area contributed by atoms with Crippen molar-refractivity contribution in [3.63, 3.8) is 0 Å². The van der Waals surface area contributed by atoms with Gasteiger partial charge in [-0.3, -0.25) is 0 Å². The molecule has 0 saturated heterocycles. The maximum atomic E-state index is 13.3. The minimum Gasteiger partial charge on any atom is -0.312 e. The van der Waals surface area contributed by atoms with Gasteiger partial charge in [-0.1, -0.05) is 24.3 Å². The summed E-state index contributed by atoms with van der Waals surface area (Å²) in [5, 5.41) is 12.2. The standard InChI is InChI=1S/C17H15FN2/c18-16-6-12(9-19)5-13(7-16)10-20-11-15-8-14-3-1-2-4-17(14)15/h1-7,15,20H,8,10-11H2. The molecule has 1 N–H and O–H groups in total. The van der Waals surface area contributed by atoms with Crippen LogP contribution in [0.4, 0.5) is 4.39 Å². The van der Waals surface area contributed by atoms with Crippen molar-refractivity contribution in [3.05, 3.63) is 70.5 Å². The monoisotopic (exact) mass is 266 g/mol. The first-order valence-corrected chi connectivity index (χ1v) is 6.74. The number of nitrogens with zero attached hydrogens (tertiary/aromatic N) is 1. The van der Waals surface area contributed by atoms with Crippen molar-refractivity contribution < 1.29 is 4.39 Å². The fraction of sp³-hybridized carbons (Fsp3) is 0.235. The van der Waals surface area contributed by atoms with E-state index in [1.54, 1.807) is 6.07 Å². The van der Waals surface area contributed by atoms with Crippen LogP contribution in [0.3, 0.4) is 0 Å². The van der Waals surface area contributed by atoms with Gasteiger partial charge in [0.05, 0.1) is 11.6 Å². The van der Waals surface area contributed by atoms with Crippen LogP contribution in [-0.4, -0.2) is 6.54 Å². The Bertz CT molecular complexity index is 673. The Morgan fingerprint density at radius 1 is 1.25 bits per heavy atom. The smallest absolute Gasteiger partial charge is 0.124 e. The van der Waals surface area contributed by atoms with Crippen LogP contribution < -0.4 is 5.32 Å². The second-order valence-electron chi connectivity index (χ2n) is 5.19. The fourth-order valence-electron chi connectivity index (χ4n) is 2.75. The van der Waals surface area contributed by atoms with Crippen molar-refractivity contribution in [2.75, 3.05) is 6.54 Å². The van der Waals surface area contributed by atoms with Crippen molar-refractivity contribution in [2.24, 2.45) is 0 Å². The average Bonchev–Trinajstić information content (AvgIpc) is 2.43. The predicted molar refractivity (Wildman–Crippen MR) is 75.7 cm³/mol. The van der Waals surface area contributed by atoms with Gasteiger partial charge in [0, 0.05) is 19.0 Å². The molecule has 1 unspecified atom stereocenters. The van der Waals surface area contributed by atoms with Crippen molar-refractivity contribution in [1.29, 1.82) is 5.26 Å². The maximum Gasteiger partial charge on any atom is 0.124 e. The third kappa shape index (κ3) is 2.56. The second kappa shape index (κ2) is 5.44. The third-order valence-corrected chi connectivity index (χ3v) is 3.77. The molecule has 0 spiro atoms. The lowest BCUT2D eigenvalue weighted by molar-refractivity contribution is 0.534. The number of rotatable bonds is 4. The van der Waals surface area contributed by atoms with Crippen LogP contribution in [0.2, 0.25) is 0 Å². The lowest BCUT2D eigenvalue weighted by Crippen LogP contribution is -2.28. The molecule has 2 aromatic rings. The van der Waals surface area contributed by atoms with Crippen LogP contribution in [-0.2, 0) is 13.0 Å². The van der Waals surface area contributed by atoms with Gasteiger partial charge in [0.25, 0.3) is 0 Å². The van der Waals surface area contributed by atoms with E-state index in [9.17, 15) is 4.39 Å². The van der Waals surface area contributed by atoms with Gasteiger partial charge in [0.2, 0.25) is 0 Å². The largest absolute Gasteiger partial charge is 0.312 e. The van der Waals surface area contributed by atoms with Crippen LogP contribution >= 0.6 is 0 Å². The molecule has 0 bridgehead atoms. The van der Waals surface area contributed by atoms with E-state index in [4.69, 9.17) is 5.26 Å². The molecule has 1 aliphatic carbocycles. The van der Waals surface area contributed by atoms with Crippen molar-refractivity contribution in [1.82, 2.24) is 5.32 Å². The van der Waals surface area contributed by atoms with Gasteiger partial charge >= 0.3 is 0 Å². The SMILES string of the molecule is N#Cc1cc(F)cc(CNCC2Cc3ccccc32)c1. The highest BCUT2D eigenvalue weighted by atomic mass is 19.1. The number of nitriles is 1. The molecule has 3 rings (SSSR count). The molecule has 20 heavy (non-hydrogen) atoms. The van der Waals surface area contributed by atoms with Gasteiger partial charge in [-0.25, -0.2) is 4.39 Å². The first kappa shape index (κ1) is 12.8. The molecule has 0 aliphatic heterocycles.